The molecule has 0 aromatic heterocycles. The number of fused-ring (bicyclic) bond motifs is 1. The summed E-state index contributed by atoms with van der Waals surface area (Å²) in [5.41, 5.74) is 4.32. The average Bonchev–Trinajstić information content (AvgIpc) is 2.65. The van der Waals surface area contributed by atoms with Gasteiger partial charge in [0.1, 0.15) is 0 Å². The van der Waals surface area contributed by atoms with Crippen LogP contribution in [-0.2, 0) is 5.41 Å². The smallest absolute Gasteiger partial charge is 0.0406 e. The van der Waals surface area contributed by atoms with Crippen molar-refractivity contribution in [1.82, 2.24) is 0 Å². The van der Waals surface area contributed by atoms with E-state index in [0.29, 0.717) is 0 Å². The van der Waals surface area contributed by atoms with Gasteiger partial charge in [0.25, 0.3) is 0 Å². The van der Waals surface area contributed by atoms with Crippen molar-refractivity contribution in [2.24, 2.45) is 0 Å². The maximum atomic E-state index is 2.35. The molecule has 17 heavy (non-hydrogen) atoms. The first-order valence-electron chi connectivity index (χ1n) is 6.08. The fraction of sp³-hybridized carbons (Fsp3) is 0.250. The van der Waals surface area contributed by atoms with Crippen LogP contribution < -0.4 is 4.90 Å². The van der Waals surface area contributed by atoms with Crippen molar-refractivity contribution >= 4 is 5.69 Å². The highest BCUT2D eigenvalue weighted by atomic mass is 15.1. The molecule has 0 unspecified atom stereocenters. The van der Waals surface area contributed by atoms with E-state index in [-0.39, 0.29) is 5.41 Å². The van der Waals surface area contributed by atoms with E-state index in [1.165, 1.54) is 16.8 Å². The lowest BCUT2D eigenvalue weighted by atomic mass is 9.78. The molecule has 0 saturated heterocycles. The maximum Gasteiger partial charge on any atom is 0.0406 e. The average molecular weight is 223 g/mol. The van der Waals surface area contributed by atoms with Gasteiger partial charge in [-0.05, 0) is 24.1 Å². The van der Waals surface area contributed by atoms with E-state index in [9.17, 15) is 0 Å². The zero-order chi connectivity index (χ0) is 11.9. The SMILES string of the molecule is CN1C[C@](C)(c2ccccc2)c2ccccc21. The Morgan fingerprint density at radius 2 is 1.59 bits per heavy atom. The van der Waals surface area contributed by atoms with Gasteiger partial charge in [-0.3, -0.25) is 0 Å². The number of benzene rings is 2. The minimum absolute atomic E-state index is 0.118. The molecule has 0 aliphatic carbocycles. The van der Waals surface area contributed by atoms with E-state index >= 15 is 0 Å². The van der Waals surface area contributed by atoms with Gasteiger partial charge in [-0.25, -0.2) is 0 Å². The van der Waals surface area contributed by atoms with Crippen LogP contribution in [0.5, 0.6) is 0 Å². The first-order chi connectivity index (χ1) is 8.22. The Kier molecular flexibility index (Phi) is 2.22. The molecule has 0 bridgehead atoms. The van der Waals surface area contributed by atoms with Gasteiger partial charge >= 0.3 is 0 Å². The molecule has 0 fully saturated rings. The second-order valence-electron chi connectivity index (χ2n) is 5.07. The van der Waals surface area contributed by atoms with Crippen molar-refractivity contribution in [3.05, 3.63) is 65.7 Å². The zero-order valence-electron chi connectivity index (χ0n) is 10.4. The van der Waals surface area contributed by atoms with Gasteiger partial charge in [0.15, 0.2) is 0 Å². The van der Waals surface area contributed by atoms with Crippen LogP contribution in [0.4, 0.5) is 5.69 Å². The van der Waals surface area contributed by atoms with Gasteiger partial charge in [-0.1, -0.05) is 48.5 Å². The van der Waals surface area contributed by atoms with Crippen LogP contribution in [-0.4, -0.2) is 13.6 Å². The summed E-state index contributed by atoms with van der Waals surface area (Å²) in [7, 11) is 2.17. The third-order valence-corrected chi connectivity index (χ3v) is 3.87. The molecular formula is C16H17N. The third kappa shape index (κ3) is 1.46. The van der Waals surface area contributed by atoms with Gasteiger partial charge in [0, 0.05) is 24.7 Å². The molecular weight excluding hydrogens is 206 g/mol. The largest absolute Gasteiger partial charge is 0.373 e. The monoisotopic (exact) mass is 223 g/mol. The third-order valence-electron chi connectivity index (χ3n) is 3.87. The first kappa shape index (κ1) is 10.4. The Balaban J connectivity index is 2.18. The molecule has 0 radical (unpaired) electrons. The molecule has 0 N–H and O–H groups in total. The fourth-order valence-electron chi connectivity index (χ4n) is 2.97. The first-order valence-corrected chi connectivity index (χ1v) is 6.08. The van der Waals surface area contributed by atoms with Crippen molar-refractivity contribution in [3.8, 4) is 0 Å². The fourth-order valence-corrected chi connectivity index (χ4v) is 2.97. The Hall–Kier alpha value is -1.76. The number of hydrogen-bond acceptors (Lipinski definition) is 1. The zero-order valence-corrected chi connectivity index (χ0v) is 10.4. The molecule has 0 saturated carbocycles. The molecule has 1 heterocycles. The number of nitrogens with zero attached hydrogens (tertiary/aromatic N) is 1. The normalized spacial score (nSPS) is 22.6. The standard InChI is InChI=1S/C16H17N/c1-16(13-8-4-3-5-9-13)12-17(2)15-11-7-6-10-14(15)16/h3-11H,12H2,1-2H3/t16-/m1/s1. The maximum absolute atomic E-state index is 2.35. The number of likely N-dealkylation sites (N-methyl/N-ethyl adjacent to an activating group) is 1. The lowest BCUT2D eigenvalue weighted by Gasteiger charge is -2.25. The Labute approximate surface area is 103 Å². The minimum atomic E-state index is 0.118. The van der Waals surface area contributed by atoms with Crippen LogP contribution in [0.25, 0.3) is 0 Å². The van der Waals surface area contributed by atoms with Crippen LogP contribution in [0.2, 0.25) is 0 Å². The number of hydrogen-bond donors (Lipinski definition) is 0. The highest BCUT2D eigenvalue weighted by Crippen LogP contribution is 2.43. The molecule has 0 spiro atoms. The summed E-state index contributed by atoms with van der Waals surface area (Å²) in [4.78, 5) is 2.35. The lowest BCUT2D eigenvalue weighted by Crippen LogP contribution is -2.29. The highest BCUT2D eigenvalue weighted by molar-refractivity contribution is 5.65. The lowest BCUT2D eigenvalue weighted by molar-refractivity contribution is 0.609. The number of para-hydroxylation sites is 1. The van der Waals surface area contributed by atoms with Crippen molar-refractivity contribution in [2.75, 3.05) is 18.5 Å². The highest BCUT2D eigenvalue weighted by Gasteiger charge is 2.38. The van der Waals surface area contributed by atoms with Crippen LogP contribution in [0, 0.1) is 0 Å². The summed E-state index contributed by atoms with van der Waals surface area (Å²) in [6.45, 7) is 3.39. The summed E-state index contributed by atoms with van der Waals surface area (Å²) in [6.07, 6.45) is 0. The summed E-state index contributed by atoms with van der Waals surface area (Å²) in [5.74, 6) is 0. The summed E-state index contributed by atoms with van der Waals surface area (Å²) >= 11 is 0. The summed E-state index contributed by atoms with van der Waals surface area (Å²) in [5, 5.41) is 0. The van der Waals surface area contributed by atoms with Crippen LogP contribution in [0.3, 0.4) is 0 Å². The Morgan fingerprint density at radius 3 is 2.35 bits per heavy atom. The molecule has 0 amide bonds. The van der Waals surface area contributed by atoms with Gasteiger partial charge in [0.2, 0.25) is 0 Å². The summed E-state index contributed by atoms with van der Waals surface area (Å²) in [6, 6.07) is 19.5. The van der Waals surface area contributed by atoms with Crippen molar-refractivity contribution in [1.29, 1.82) is 0 Å². The number of rotatable bonds is 1. The molecule has 2 aromatic rings. The number of anilines is 1. The quantitative estimate of drug-likeness (QED) is 0.716. The topological polar surface area (TPSA) is 3.24 Å². The van der Waals surface area contributed by atoms with Gasteiger partial charge in [-0.2, -0.15) is 0 Å². The van der Waals surface area contributed by atoms with E-state index in [0.717, 1.165) is 6.54 Å². The molecule has 1 aliphatic heterocycles. The molecule has 1 atom stereocenters. The van der Waals surface area contributed by atoms with Crippen LogP contribution in [0.15, 0.2) is 54.6 Å². The Morgan fingerprint density at radius 1 is 0.941 bits per heavy atom. The molecule has 1 aliphatic rings. The molecule has 1 nitrogen and oxygen atoms in total. The van der Waals surface area contributed by atoms with E-state index in [2.05, 4.69) is 73.5 Å². The Bertz CT molecular complexity index is 532. The molecule has 1 heteroatoms. The predicted molar refractivity (Wildman–Crippen MR) is 72.6 cm³/mol. The van der Waals surface area contributed by atoms with E-state index < -0.39 is 0 Å². The minimum Gasteiger partial charge on any atom is -0.373 e. The summed E-state index contributed by atoms with van der Waals surface area (Å²) < 4.78 is 0. The van der Waals surface area contributed by atoms with Gasteiger partial charge in [-0.15, -0.1) is 0 Å². The van der Waals surface area contributed by atoms with E-state index in [1.54, 1.807) is 0 Å². The van der Waals surface area contributed by atoms with Crippen molar-refractivity contribution in [2.45, 2.75) is 12.3 Å². The second kappa shape index (κ2) is 3.63. The molecule has 3 rings (SSSR count). The van der Waals surface area contributed by atoms with Crippen molar-refractivity contribution < 1.29 is 0 Å². The van der Waals surface area contributed by atoms with Crippen LogP contribution in [0.1, 0.15) is 18.1 Å². The molecule has 86 valence electrons. The van der Waals surface area contributed by atoms with Crippen LogP contribution >= 0.6 is 0 Å². The van der Waals surface area contributed by atoms with Gasteiger partial charge < -0.3 is 4.90 Å². The predicted octanol–water partition coefficient (Wildman–Crippen LogP) is 3.44. The van der Waals surface area contributed by atoms with E-state index in [4.69, 9.17) is 0 Å². The second-order valence-corrected chi connectivity index (χ2v) is 5.07. The van der Waals surface area contributed by atoms with E-state index in [1.807, 2.05) is 0 Å². The molecule has 2 aromatic carbocycles. The van der Waals surface area contributed by atoms with Gasteiger partial charge in [0.05, 0.1) is 0 Å². The van der Waals surface area contributed by atoms with Crippen molar-refractivity contribution in [3.63, 3.8) is 0 Å².